The van der Waals surface area contributed by atoms with Crippen molar-refractivity contribution in [1.82, 2.24) is 15.6 Å². The molecule has 0 saturated carbocycles. The highest BCUT2D eigenvalue weighted by molar-refractivity contribution is 6.01. The molecular formula is C14H17N5O2. The molecule has 7 nitrogen and oxygen atoms in total. The van der Waals surface area contributed by atoms with Crippen LogP contribution in [0.2, 0.25) is 0 Å². The molecule has 21 heavy (non-hydrogen) atoms. The lowest BCUT2D eigenvalue weighted by molar-refractivity contribution is -0.122. The highest BCUT2D eigenvalue weighted by Crippen LogP contribution is 2.21. The maximum atomic E-state index is 12.2. The Morgan fingerprint density at radius 3 is 2.67 bits per heavy atom. The highest BCUT2D eigenvalue weighted by atomic mass is 16.2. The fourth-order valence-electron chi connectivity index (χ4n) is 1.98. The minimum Gasteiger partial charge on any atom is -0.357 e. The van der Waals surface area contributed by atoms with E-state index >= 15 is 0 Å². The average molecular weight is 287 g/mol. The lowest BCUT2D eigenvalue weighted by atomic mass is 10.1. The third-order valence-corrected chi connectivity index (χ3v) is 3.10. The smallest absolute Gasteiger partial charge is 0.270 e. The molecule has 0 aliphatic carbocycles. The highest BCUT2D eigenvalue weighted by Gasteiger charge is 2.17. The number of nitrogens with zero attached hydrogens (tertiary/aromatic N) is 1. The Morgan fingerprint density at radius 1 is 1.29 bits per heavy atom. The predicted molar refractivity (Wildman–Crippen MR) is 80.5 cm³/mol. The third-order valence-electron chi connectivity index (χ3n) is 3.10. The largest absolute Gasteiger partial charge is 0.357 e. The molecule has 2 aromatic rings. The first kappa shape index (κ1) is 14.7. The molecule has 1 aromatic heterocycles. The van der Waals surface area contributed by atoms with Crippen LogP contribution in [0.15, 0.2) is 30.3 Å². The van der Waals surface area contributed by atoms with Crippen molar-refractivity contribution in [3.8, 4) is 0 Å². The van der Waals surface area contributed by atoms with Gasteiger partial charge in [0.2, 0.25) is 5.91 Å². The number of nitrogens with two attached hydrogens (primary N) is 1. The van der Waals surface area contributed by atoms with Crippen molar-refractivity contribution in [3.63, 3.8) is 0 Å². The number of aromatic nitrogens is 1. The number of fused-ring (bicyclic) bond motifs is 1. The Morgan fingerprint density at radius 2 is 2.00 bits per heavy atom. The van der Waals surface area contributed by atoms with Gasteiger partial charge in [0.05, 0.1) is 0 Å². The molecule has 7 heteroatoms. The average Bonchev–Trinajstić information content (AvgIpc) is 2.52. The second kappa shape index (κ2) is 6.19. The number of likely N-dealkylation sites (N-methyl/N-ethyl adjacent to an activating group) is 1. The van der Waals surface area contributed by atoms with Gasteiger partial charge in [-0.1, -0.05) is 24.3 Å². The summed E-state index contributed by atoms with van der Waals surface area (Å²) in [5.74, 6) is 5.14. The molecule has 0 saturated heterocycles. The van der Waals surface area contributed by atoms with Gasteiger partial charge in [-0.05, 0) is 18.4 Å². The van der Waals surface area contributed by atoms with Gasteiger partial charge in [0.25, 0.3) is 5.91 Å². The van der Waals surface area contributed by atoms with E-state index in [-0.39, 0.29) is 11.6 Å². The maximum absolute atomic E-state index is 12.2. The van der Waals surface area contributed by atoms with Gasteiger partial charge in [-0.25, -0.2) is 10.8 Å². The van der Waals surface area contributed by atoms with Crippen LogP contribution in [-0.2, 0) is 4.79 Å². The summed E-state index contributed by atoms with van der Waals surface area (Å²) in [6, 6.07) is 8.44. The number of benzene rings is 1. The van der Waals surface area contributed by atoms with Crippen LogP contribution >= 0.6 is 0 Å². The van der Waals surface area contributed by atoms with Crippen molar-refractivity contribution in [3.05, 3.63) is 36.0 Å². The Balaban J connectivity index is 2.33. The molecule has 2 amide bonds. The number of pyridine rings is 1. The van der Waals surface area contributed by atoms with Gasteiger partial charge >= 0.3 is 0 Å². The number of carbonyl (C=O) groups excluding carboxylic acids is 2. The molecule has 110 valence electrons. The van der Waals surface area contributed by atoms with E-state index in [0.717, 1.165) is 10.8 Å². The second-order valence-corrected chi connectivity index (χ2v) is 4.53. The number of anilines is 1. The van der Waals surface area contributed by atoms with Crippen LogP contribution in [0.4, 0.5) is 5.82 Å². The van der Waals surface area contributed by atoms with Crippen LogP contribution < -0.4 is 21.9 Å². The number of amides is 2. The first-order chi connectivity index (χ1) is 10.1. The van der Waals surface area contributed by atoms with Crippen LogP contribution in [-0.4, -0.2) is 29.9 Å². The third kappa shape index (κ3) is 3.09. The molecule has 0 radical (unpaired) electrons. The normalized spacial score (nSPS) is 11.8. The van der Waals surface area contributed by atoms with E-state index in [9.17, 15) is 9.59 Å². The maximum Gasteiger partial charge on any atom is 0.270 e. The molecule has 5 N–H and O–H groups in total. The fraction of sp³-hybridized carbons (Fsp3) is 0.214. The summed E-state index contributed by atoms with van der Waals surface area (Å²) >= 11 is 0. The van der Waals surface area contributed by atoms with Crippen LogP contribution in [0.1, 0.15) is 17.4 Å². The number of hydrogen-bond acceptors (Lipinski definition) is 5. The monoisotopic (exact) mass is 287 g/mol. The standard InChI is InChI=1S/C14H17N5O2/c1-8(13(20)16-2)17-14(21)11-7-9-5-3-4-6-10(9)12(18-11)19-15/h3-8H,15H2,1-2H3,(H,16,20)(H,17,21)(H,18,19). The summed E-state index contributed by atoms with van der Waals surface area (Å²) in [5, 5.41) is 6.70. The zero-order valence-electron chi connectivity index (χ0n) is 11.8. The zero-order valence-corrected chi connectivity index (χ0v) is 11.8. The molecule has 0 bridgehead atoms. The summed E-state index contributed by atoms with van der Waals surface area (Å²) < 4.78 is 0. The number of rotatable bonds is 4. The number of carbonyl (C=O) groups is 2. The molecule has 1 unspecified atom stereocenters. The summed E-state index contributed by atoms with van der Waals surface area (Å²) in [6.07, 6.45) is 0. The number of hydrogen-bond donors (Lipinski definition) is 4. The lowest BCUT2D eigenvalue weighted by Crippen LogP contribution is -2.43. The van der Waals surface area contributed by atoms with Crippen LogP contribution in [0.3, 0.4) is 0 Å². The molecular weight excluding hydrogens is 270 g/mol. The molecule has 1 aromatic carbocycles. The van der Waals surface area contributed by atoms with Crippen molar-refractivity contribution >= 4 is 28.4 Å². The van der Waals surface area contributed by atoms with E-state index in [1.807, 2.05) is 24.3 Å². The Hall–Kier alpha value is -2.67. The van der Waals surface area contributed by atoms with E-state index in [2.05, 4.69) is 21.0 Å². The van der Waals surface area contributed by atoms with Gasteiger partial charge in [0, 0.05) is 12.4 Å². The lowest BCUT2D eigenvalue weighted by Gasteiger charge is -2.13. The zero-order chi connectivity index (χ0) is 15.4. The predicted octanol–water partition coefficient (Wildman–Crippen LogP) is 0.385. The second-order valence-electron chi connectivity index (χ2n) is 4.53. The SMILES string of the molecule is CNC(=O)C(C)NC(=O)c1cc2ccccc2c(NN)n1. The summed E-state index contributed by atoms with van der Waals surface area (Å²) in [6.45, 7) is 1.60. The van der Waals surface area contributed by atoms with Gasteiger partial charge in [0.15, 0.2) is 0 Å². The first-order valence-corrected chi connectivity index (χ1v) is 6.45. The Labute approximate surface area is 121 Å². The molecule has 1 atom stereocenters. The van der Waals surface area contributed by atoms with Crippen molar-refractivity contribution < 1.29 is 9.59 Å². The summed E-state index contributed by atoms with van der Waals surface area (Å²) in [5.41, 5.74) is 2.67. The van der Waals surface area contributed by atoms with Gasteiger partial charge in [-0.3, -0.25) is 9.59 Å². The van der Waals surface area contributed by atoms with Crippen molar-refractivity contribution in [2.45, 2.75) is 13.0 Å². The number of nitrogens with one attached hydrogen (secondary N) is 3. The summed E-state index contributed by atoms with van der Waals surface area (Å²) in [7, 11) is 1.51. The Bertz CT molecular complexity index is 686. The van der Waals surface area contributed by atoms with Gasteiger partial charge < -0.3 is 16.1 Å². The summed E-state index contributed by atoms with van der Waals surface area (Å²) in [4.78, 5) is 27.8. The number of nitrogen functional groups attached to an aromatic ring is 1. The minimum atomic E-state index is -0.648. The van der Waals surface area contributed by atoms with Gasteiger partial charge in [0.1, 0.15) is 17.6 Å². The van der Waals surface area contributed by atoms with Crippen LogP contribution in [0, 0.1) is 0 Å². The molecule has 1 heterocycles. The van der Waals surface area contributed by atoms with Gasteiger partial charge in [-0.15, -0.1) is 0 Å². The van der Waals surface area contributed by atoms with E-state index in [1.54, 1.807) is 13.0 Å². The van der Waals surface area contributed by atoms with Crippen molar-refractivity contribution in [1.29, 1.82) is 0 Å². The quantitative estimate of drug-likeness (QED) is 0.480. The topological polar surface area (TPSA) is 109 Å². The van der Waals surface area contributed by atoms with E-state index in [0.29, 0.717) is 5.82 Å². The Kier molecular flexibility index (Phi) is 4.34. The van der Waals surface area contributed by atoms with Crippen molar-refractivity contribution in [2.24, 2.45) is 5.84 Å². The molecule has 0 aliphatic heterocycles. The molecule has 2 rings (SSSR count). The molecule has 0 fully saturated rings. The fourth-order valence-corrected chi connectivity index (χ4v) is 1.98. The molecule has 0 aliphatic rings. The van der Waals surface area contributed by atoms with E-state index < -0.39 is 11.9 Å². The number of hydrazine groups is 1. The van der Waals surface area contributed by atoms with E-state index in [4.69, 9.17) is 5.84 Å². The van der Waals surface area contributed by atoms with E-state index in [1.165, 1.54) is 7.05 Å². The van der Waals surface area contributed by atoms with Crippen LogP contribution in [0.5, 0.6) is 0 Å². The molecule has 0 spiro atoms. The van der Waals surface area contributed by atoms with Gasteiger partial charge in [-0.2, -0.15) is 0 Å². The minimum absolute atomic E-state index is 0.192. The van der Waals surface area contributed by atoms with Crippen molar-refractivity contribution in [2.75, 3.05) is 12.5 Å². The van der Waals surface area contributed by atoms with Crippen LogP contribution in [0.25, 0.3) is 10.8 Å². The first-order valence-electron chi connectivity index (χ1n) is 6.45.